The van der Waals surface area contributed by atoms with Crippen LogP contribution < -0.4 is 0 Å². The van der Waals surface area contributed by atoms with Crippen molar-refractivity contribution in [1.82, 2.24) is 9.97 Å². The summed E-state index contributed by atoms with van der Waals surface area (Å²) in [6.07, 6.45) is 1.68. The zero-order chi connectivity index (χ0) is 11.8. The first-order valence-corrected chi connectivity index (χ1v) is 5.29. The van der Waals surface area contributed by atoms with Crippen molar-refractivity contribution in [2.45, 2.75) is 26.2 Å². The van der Waals surface area contributed by atoms with Crippen molar-refractivity contribution < 1.29 is 4.39 Å². The predicted molar refractivity (Wildman–Crippen MR) is 62.7 cm³/mol. The van der Waals surface area contributed by atoms with Crippen LogP contribution in [0.15, 0.2) is 30.5 Å². The molecule has 0 amide bonds. The van der Waals surface area contributed by atoms with Gasteiger partial charge in [0.05, 0.1) is 11.9 Å². The van der Waals surface area contributed by atoms with E-state index in [4.69, 9.17) is 0 Å². The normalized spacial score (nSPS) is 11.8. The van der Waals surface area contributed by atoms with E-state index in [1.807, 2.05) is 6.07 Å². The van der Waals surface area contributed by atoms with Crippen LogP contribution in [0.5, 0.6) is 0 Å². The van der Waals surface area contributed by atoms with Crippen LogP contribution in [-0.2, 0) is 5.41 Å². The second-order valence-corrected chi connectivity index (χ2v) is 4.88. The van der Waals surface area contributed by atoms with Gasteiger partial charge >= 0.3 is 0 Å². The molecule has 0 saturated heterocycles. The summed E-state index contributed by atoms with van der Waals surface area (Å²) in [5.74, 6) is 0.636. The second kappa shape index (κ2) is 3.74. The highest BCUT2D eigenvalue weighted by atomic mass is 19.1. The molecule has 1 heterocycles. The third-order valence-corrected chi connectivity index (χ3v) is 2.45. The number of benzene rings is 1. The molecule has 1 aromatic heterocycles. The van der Waals surface area contributed by atoms with Gasteiger partial charge in [0.25, 0.3) is 0 Å². The molecule has 84 valence electrons. The predicted octanol–water partition coefficient (Wildman–Crippen LogP) is 3.51. The molecule has 2 aromatic rings. The maximum absolute atomic E-state index is 13.5. The van der Waals surface area contributed by atoms with Gasteiger partial charge in [0.2, 0.25) is 0 Å². The first-order valence-electron chi connectivity index (χ1n) is 5.29. The number of hydrogen-bond acceptors (Lipinski definition) is 1. The van der Waals surface area contributed by atoms with Crippen LogP contribution in [0.25, 0.3) is 11.3 Å². The van der Waals surface area contributed by atoms with Gasteiger partial charge in [0.15, 0.2) is 0 Å². The molecular weight excluding hydrogens is 203 g/mol. The van der Waals surface area contributed by atoms with E-state index >= 15 is 0 Å². The molecule has 0 saturated carbocycles. The van der Waals surface area contributed by atoms with E-state index in [2.05, 4.69) is 30.7 Å². The topological polar surface area (TPSA) is 28.7 Å². The smallest absolute Gasteiger partial charge is 0.132 e. The van der Waals surface area contributed by atoms with Gasteiger partial charge in [-0.3, -0.25) is 0 Å². The Bertz CT molecular complexity index is 495. The molecule has 0 radical (unpaired) electrons. The third kappa shape index (κ3) is 1.98. The fraction of sp³-hybridized carbons (Fsp3) is 0.308. The minimum absolute atomic E-state index is 0.0521. The number of nitrogens with one attached hydrogen (secondary N) is 1. The van der Waals surface area contributed by atoms with Crippen LogP contribution in [0.1, 0.15) is 26.6 Å². The monoisotopic (exact) mass is 218 g/mol. The molecule has 0 aliphatic rings. The van der Waals surface area contributed by atoms with Gasteiger partial charge in [-0.2, -0.15) is 0 Å². The number of aromatic amines is 1. The summed E-state index contributed by atoms with van der Waals surface area (Å²) in [7, 11) is 0. The van der Waals surface area contributed by atoms with Crippen molar-refractivity contribution >= 4 is 0 Å². The van der Waals surface area contributed by atoms with Crippen molar-refractivity contribution in [1.29, 1.82) is 0 Å². The largest absolute Gasteiger partial charge is 0.341 e. The Balaban J connectivity index is 2.44. The van der Waals surface area contributed by atoms with Crippen LogP contribution in [-0.4, -0.2) is 9.97 Å². The van der Waals surface area contributed by atoms with Crippen molar-refractivity contribution in [3.8, 4) is 11.3 Å². The van der Waals surface area contributed by atoms with E-state index in [9.17, 15) is 4.39 Å². The lowest BCUT2D eigenvalue weighted by Crippen LogP contribution is -2.13. The number of rotatable bonds is 1. The second-order valence-electron chi connectivity index (χ2n) is 4.88. The van der Waals surface area contributed by atoms with E-state index < -0.39 is 0 Å². The molecule has 2 nitrogen and oxygen atoms in total. The summed E-state index contributed by atoms with van der Waals surface area (Å²) in [4.78, 5) is 7.44. The first kappa shape index (κ1) is 10.9. The molecule has 1 N–H and O–H groups in total. The van der Waals surface area contributed by atoms with E-state index in [1.165, 1.54) is 6.07 Å². The summed E-state index contributed by atoms with van der Waals surface area (Å²) in [5.41, 5.74) is 1.23. The number of nitrogens with zero attached hydrogens (tertiary/aromatic N) is 1. The van der Waals surface area contributed by atoms with Crippen molar-refractivity contribution in [2.24, 2.45) is 0 Å². The molecule has 16 heavy (non-hydrogen) atoms. The number of H-pyrrole nitrogens is 1. The number of aromatic nitrogens is 2. The molecule has 0 aliphatic carbocycles. The van der Waals surface area contributed by atoms with Crippen LogP contribution in [0.2, 0.25) is 0 Å². The minimum atomic E-state index is -0.230. The summed E-state index contributed by atoms with van der Waals surface area (Å²) >= 11 is 0. The number of halogens is 1. The van der Waals surface area contributed by atoms with E-state index in [0.29, 0.717) is 5.56 Å². The fourth-order valence-electron chi connectivity index (χ4n) is 1.52. The Morgan fingerprint density at radius 3 is 2.44 bits per heavy atom. The lowest BCUT2D eigenvalue weighted by Gasteiger charge is -2.14. The van der Waals surface area contributed by atoms with Crippen molar-refractivity contribution in [3.05, 3.63) is 42.1 Å². The van der Waals surface area contributed by atoms with Crippen molar-refractivity contribution in [2.75, 3.05) is 0 Å². The van der Waals surface area contributed by atoms with Gasteiger partial charge in [0, 0.05) is 11.0 Å². The third-order valence-electron chi connectivity index (χ3n) is 2.45. The minimum Gasteiger partial charge on any atom is -0.341 e. The van der Waals surface area contributed by atoms with Gasteiger partial charge in [-0.05, 0) is 12.1 Å². The van der Waals surface area contributed by atoms with Crippen LogP contribution >= 0.6 is 0 Å². The average molecular weight is 218 g/mol. The van der Waals surface area contributed by atoms with Crippen LogP contribution in [0.4, 0.5) is 4.39 Å². The van der Waals surface area contributed by atoms with Crippen molar-refractivity contribution in [3.63, 3.8) is 0 Å². The summed E-state index contributed by atoms with van der Waals surface area (Å²) in [6, 6.07) is 6.69. The summed E-state index contributed by atoms with van der Waals surface area (Å²) in [5, 5.41) is 0. The zero-order valence-corrected chi connectivity index (χ0v) is 9.71. The van der Waals surface area contributed by atoms with Gasteiger partial charge in [-0.1, -0.05) is 32.9 Å². The Labute approximate surface area is 94.5 Å². The number of hydrogen-bond donors (Lipinski definition) is 1. The lowest BCUT2D eigenvalue weighted by atomic mass is 9.96. The van der Waals surface area contributed by atoms with E-state index in [0.717, 1.165) is 11.5 Å². The molecule has 2 rings (SSSR count). The standard InChI is InChI=1S/C13H15FN2/c1-13(2,3)12-15-8-11(16-12)9-6-4-5-7-10(9)14/h4-8H,1-3H3,(H,15,16). The molecule has 0 unspecified atom stereocenters. The summed E-state index contributed by atoms with van der Waals surface area (Å²) in [6.45, 7) is 6.20. The molecular formula is C13H15FN2. The molecule has 0 atom stereocenters. The molecule has 0 fully saturated rings. The quantitative estimate of drug-likeness (QED) is 0.779. The highest BCUT2D eigenvalue weighted by Crippen LogP contribution is 2.24. The Morgan fingerprint density at radius 2 is 1.88 bits per heavy atom. The zero-order valence-electron chi connectivity index (χ0n) is 9.71. The molecule has 1 aromatic carbocycles. The summed E-state index contributed by atoms with van der Waals surface area (Å²) < 4.78 is 13.5. The van der Waals surface area contributed by atoms with Crippen LogP contribution in [0.3, 0.4) is 0 Å². The van der Waals surface area contributed by atoms with Gasteiger partial charge in [-0.15, -0.1) is 0 Å². The Morgan fingerprint density at radius 1 is 1.19 bits per heavy atom. The van der Waals surface area contributed by atoms with Crippen LogP contribution in [0, 0.1) is 5.82 Å². The first-order chi connectivity index (χ1) is 7.48. The molecule has 0 spiro atoms. The Kier molecular flexibility index (Phi) is 2.54. The maximum atomic E-state index is 13.5. The van der Waals surface area contributed by atoms with Gasteiger partial charge < -0.3 is 4.98 Å². The maximum Gasteiger partial charge on any atom is 0.132 e. The van der Waals surface area contributed by atoms with E-state index in [1.54, 1.807) is 18.3 Å². The van der Waals surface area contributed by atoms with Gasteiger partial charge in [0.1, 0.15) is 11.6 Å². The highest BCUT2D eigenvalue weighted by molar-refractivity contribution is 5.59. The Hall–Kier alpha value is -1.64. The van der Waals surface area contributed by atoms with E-state index in [-0.39, 0.29) is 11.2 Å². The lowest BCUT2D eigenvalue weighted by molar-refractivity contribution is 0.552. The average Bonchev–Trinajstić information content (AvgIpc) is 2.66. The molecule has 0 bridgehead atoms. The van der Waals surface area contributed by atoms with Gasteiger partial charge in [-0.25, -0.2) is 9.37 Å². The SMILES string of the molecule is CC(C)(C)c1ncc(-c2ccccc2F)[nH]1. The molecule has 3 heteroatoms. The fourth-order valence-corrected chi connectivity index (χ4v) is 1.52. The molecule has 0 aliphatic heterocycles. The number of imidazole rings is 1. The highest BCUT2D eigenvalue weighted by Gasteiger charge is 2.18.